The van der Waals surface area contributed by atoms with Crippen LogP contribution >= 0.6 is 23.6 Å². The molecular formula is C11H13N3O2S2. The average molecular weight is 283 g/mol. The number of nitrogens with zero attached hydrogens (tertiary/aromatic N) is 3. The fraction of sp³-hybridized carbons (Fsp3) is 0.455. The van der Waals surface area contributed by atoms with Crippen molar-refractivity contribution in [3.63, 3.8) is 0 Å². The first-order valence-corrected chi connectivity index (χ1v) is 7.03. The van der Waals surface area contributed by atoms with Gasteiger partial charge in [-0.1, -0.05) is 6.07 Å². The summed E-state index contributed by atoms with van der Waals surface area (Å²) in [5, 5.41) is 6.42. The summed E-state index contributed by atoms with van der Waals surface area (Å²) in [6.45, 7) is 4.01. The van der Waals surface area contributed by atoms with Gasteiger partial charge in [-0.05, 0) is 23.7 Å². The topological polar surface area (TPSA) is 43.4 Å². The van der Waals surface area contributed by atoms with Gasteiger partial charge in [0.25, 0.3) is 10.7 Å². The second kappa shape index (κ2) is 5.31. The van der Waals surface area contributed by atoms with Crippen LogP contribution in [0.25, 0.3) is 10.8 Å². The van der Waals surface area contributed by atoms with Crippen molar-refractivity contribution in [3.05, 3.63) is 22.4 Å². The summed E-state index contributed by atoms with van der Waals surface area (Å²) in [4.78, 5) is 3.67. The third kappa shape index (κ3) is 2.54. The summed E-state index contributed by atoms with van der Waals surface area (Å²) in [7, 11) is 0. The molecule has 0 aromatic carbocycles. The predicted octanol–water partition coefficient (Wildman–Crippen LogP) is 2.22. The number of hydrogen-bond donors (Lipinski definition) is 0. The molecule has 1 fully saturated rings. The standard InChI is InChI=1S/C11H13N3O2S2/c17-11-14(8-13-3-5-15-6-4-13)12-10(16-11)9-2-1-7-18-9/h1-2,7H,3-6,8H2. The highest BCUT2D eigenvalue weighted by atomic mass is 32.1. The van der Waals surface area contributed by atoms with Gasteiger partial charge >= 0.3 is 0 Å². The lowest BCUT2D eigenvalue weighted by Crippen LogP contribution is -2.37. The Morgan fingerprint density at radius 1 is 1.39 bits per heavy atom. The molecule has 2 aromatic rings. The summed E-state index contributed by atoms with van der Waals surface area (Å²) >= 11 is 6.79. The predicted molar refractivity (Wildman–Crippen MR) is 71.0 cm³/mol. The molecule has 5 nitrogen and oxygen atoms in total. The fourth-order valence-corrected chi connectivity index (χ4v) is 2.65. The van der Waals surface area contributed by atoms with Gasteiger partial charge in [-0.3, -0.25) is 4.90 Å². The average Bonchev–Trinajstić information content (AvgIpc) is 3.01. The van der Waals surface area contributed by atoms with Crippen molar-refractivity contribution in [3.8, 4) is 10.8 Å². The number of hydrogen-bond acceptors (Lipinski definition) is 6. The molecule has 2 aromatic heterocycles. The monoisotopic (exact) mass is 283 g/mol. The van der Waals surface area contributed by atoms with E-state index in [9.17, 15) is 0 Å². The van der Waals surface area contributed by atoms with Crippen LogP contribution in [0, 0.1) is 4.84 Å². The molecule has 1 aliphatic rings. The molecule has 0 N–H and O–H groups in total. The zero-order valence-corrected chi connectivity index (χ0v) is 11.4. The molecule has 0 atom stereocenters. The molecule has 0 unspecified atom stereocenters. The van der Waals surface area contributed by atoms with Crippen molar-refractivity contribution in [2.24, 2.45) is 0 Å². The van der Waals surface area contributed by atoms with E-state index >= 15 is 0 Å². The Labute approximate surface area is 114 Å². The zero-order chi connectivity index (χ0) is 12.4. The molecule has 0 bridgehead atoms. The highest BCUT2D eigenvalue weighted by molar-refractivity contribution is 7.71. The van der Waals surface area contributed by atoms with Crippen LogP contribution in [0.4, 0.5) is 0 Å². The number of aromatic nitrogens is 2. The van der Waals surface area contributed by atoms with Crippen molar-refractivity contribution >= 4 is 23.6 Å². The fourth-order valence-electron chi connectivity index (χ4n) is 1.83. The molecule has 0 saturated carbocycles. The van der Waals surface area contributed by atoms with Crippen LogP contribution in [0.2, 0.25) is 0 Å². The molecule has 3 heterocycles. The quantitative estimate of drug-likeness (QED) is 0.808. The second-order valence-electron chi connectivity index (χ2n) is 4.02. The number of rotatable bonds is 3. The minimum atomic E-state index is 0.421. The SMILES string of the molecule is S=c1oc(-c2cccs2)nn1CN1CCOCC1. The van der Waals surface area contributed by atoms with Crippen molar-refractivity contribution in [1.82, 2.24) is 14.7 Å². The smallest absolute Gasteiger partial charge is 0.288 e. The molecule has 0 amide bonds. The third-order valence-electron chi connectivity index (χ3n) is 2.78. The maximum atomic E-state index is 5.52. The first-order valence-electron chi connectivity index (χ1n) is 5.75. The van der Waals surface area contributed by atoms with Gasteiger partial charge in [0.2, 0.25) is 0 Å². The molecule has 18 heavy (non-hydrogen) atoms. The van der Waals surface area contributed by atoms with Gasteiger partial charge in [0, 0.05) is 13.1 Å². The minimum Gasteiger partial charge on any atom is -0.408 e. The Balaban J connectivity index is 1.78. The van der Waals surface area contributed by atoms with Crippen LogP contribution in [0.5, 0.6) is 0 Å². The van der Waals surface area contributed by atoms with Gasteiger partial charge in [0.05, 0.1) is 24.8 Å². The van der Waals surface area contributed by atoms with E-state index in [1.165, 1.54) is 0 Å². The summed E-state index contributed by atoms with van der Waals surface area (Å²) in [6, 6.07) is 3.95. The lowest BCUT2D eigenvalue weighted by atomic mass is 10.4. The van der Waals surface area contributed by atoms with E-state index in [1.807, 2.05) is 17.5 Å². The Bertz CT molecular complexity index is 555. The van der Waals surface area contributed by atoms with Crippen LogP contribution in [-0.2, 0) is 11.4 Å². The Kier molecular flexibility index (Phi) is 3.55. The van der Waals surface area contributed by atoms with E-state index in [0.717, 1.165) is 31.2 Å². The molecule has 7 heteroatoms. The van der Waals surface area contributed by atoms with E-state index in [4.69, 9.17) is 21.4 Å². The van der Waals surface area contributed by atoms with E-state index in [0.29, 0.717) is 17.4 Å². The van der Waals surface area contributed by atoms with Crippen molar-refractivity contribution in [2.45, 2.75) is 6.67 Å². The summed E-state index contributed by atoms with van der Waals surface area (Å²) < 4.78 is 12.6. The highest BCUT2D eigenvalue weighted by Gasteiger charge is 2.14. The van der Waals surface area contributed by atoms with Crippen molar-refractivity contribution in [1.29, 1.82) is 0 Å². The first kappa shape index (κ1) is 12.0. The van der Waals surface area contributed by atoms with E-state index in [-0.39, 0.29) is 0 Å². The molecular weight excluding hydrogens is 270 g/mol. The van der Waals surface area contributed by atoms with Gasteiger partial charge < -0.3 is 9.15 Å². The van der Waals surface area contributed by atoms with Crippen LogP contribution in [0.3, 0.4) is 0 Å². The van der Waals surface area contributed by atoms with Gasteiger partial charge in [-0.25, -0.2) is 4.68 Å². The number of morpholine rings is 1. The van der Waals surface area contributed by atoms with Gasteiger partial charge in [0.15, 0.2) is 0 Å². The molecule has 0 spiro atoms. The largest absolute Gasteiger partial charge is 0.408 e. The normalized spacial score (nSPS) is 17.1. The molecule has 1 aliphatic heterocycles. The van der Waals surface area contributed by atoms with E-state index in [2.05, 4.69) is 10.00 Å². The Morgan fingerprint density at radius 3 is 2.94 bits per heavy atom. The summed E-state index contributed by atoms with van der Waals surface area (Å²) in [5.41, 5.74) is 0. The zero-order valence-electron chi connectivity index (χ0n) is 9.74. The molecule has 1 saturated heterocycles. The lowest BCUT2D eigenvalue weighted by Gasteiger charge is -2.25. The Hall–Kier alpha value is -1.02. The number of ether oxygens (including phenoxy) is 1. The van der Waals surface area contributed by atoms with Crippen LogP contribution in [0.15, 0.2) is 21.9 Å². The lowest BCUT2D eigenvalue weighted by molar-refractivity contribution is 0.0206. The molecule has 96 valence electrons. The highest BCUT2D eigenvalue weighted by Crippen LogP contribution is 2.23. The van der Waals surface area contributed by atoms with Crippen molar-refractivity contribution in [2.75, 3.05) is 26.3 Å². The molecule has 0 aliphatic carbocycles. The van der Waals surface area contributed by atoms with Crippen molar-refractivity contribution < 1.29 is 9.15 Å². The molecule has 3 rings (SSSR count). The summed E-state index contributed by atoms with van der Waals surface area (Å²) in [5.74, 6) is 0.600. The number of thiophene rings is 1. The van der Waals surface area contributed by atoms with Gasteiger partial charge in [-0.2, -0.15) is 0 Å². The van der Waals surface area contributed by atoms with Gasteiger partial charge in [0.1, 0.15) is 0 Å². The van der Waals surface area contributed by atoms with Crippen LogP contribution in [-0.4, -0.2) is 41.0 Å². The van der Waals surface area contributed by atoms with Gasteiger partial charge in [-0.15, -0.1) is 16.4 Å². The maximum absolute atomic E-state index is 5.52. The van der Waals surface area contributed by atoms with Crippen LogP contribution in [0.1, 0.15) is 0 Å². The minimum absolute atomic E-state index is 0.421. The first-order chi connectivity index (χ1) is 8.83. The second-order valence-corrected chi connectivity index (χ2v) is 5.32. The van der Waals surface area contributed by atoms with E-state index in [1.54, 1.807) is 16.0 Å². The van der Waals surface area contributed by atoms with Crippen LogP contribution < -0.4 is 0 Å². The maximum Gasteiger partial charge on any atom is 0.288 e. The van der Waals surface area contributed by atoms with E-state index < -0.39 is 0 Å². The third-order valence-corrected chi connectivity index (χ3v) is 3.93. The summed E-state index contributed by atoms with van der Waals surface area (Å²) in [6.07, 6.45) is 0. The molecule has 0 radical (unpaired) electrons. The Morgan fingerprint density at radius 2 is 2.22 bits per heavy atom.